The Bertz CT molecular complexity index is 744. The maximum Gasteiger partial charge on any atom is 0.340 e. The van der Waals surface area contributed by atoms with Crippen LogP contribution in [0.15, 0.2) is 36.7 Å². The Morgan fingerprint density at radius 3 is 2.16 bits per heavy atom. The summed E-state index contributed by atoms with van der Waals surface area (Å²) in [5.74, 6) is 0.805. The monoisotopic (exact) mass is 426 g/mol. The first kappa shape index (κ1) is 25.0. The molecule has 1 unspecified atom stereocenters. The molecule has 1 aromatic carbocycles. The molecule has 5 heteroatoms. The third kappa shape index (κ3) is 9.60. The molecule has 1 atom stereocenters. The summed E-state index contributed by atoms with van der Waals surface area (Å²) in [5.41, 5.74) is 2.06. The van der Waals surface area contributed by atoms with E-state index in [1.54, 1.807) is 19.1 Å². The smallest absolute Gasteiger partial charge is 0.340 e. The summed E-state index contributed by atoms with van der Waals surface area (Å²) in [7, 11) is 0. The van der Waals surface area contributed by atoms with E-state index in [9.17, 15) is 4.79 Å². The molecule has 2 rings (SSSR count). The van der Waals surface area contributed by atoms with Crippen molar-refractivity contribution in [1.82, 2.24) is 9.97 Å². The molecule has 31 heavy (non-hydrogen) atoms. The molecule has 0 N–H and O–H groups in total. The fourth-order valence-corrected chi connectivity index (χ4v) is 3.29. The minimum atomic E-state index is -0.570. The second kappa shape index (κ2) is 14.7. The average molecular weight is 427 g/mol. The number of nitrogens with zero attached hydrogens (tertiary/aromatic N) is 2. The Labute approximate surface area is 187 Å². The minimum absolute atomic E-state index is 0.369. The number of hydrogen-bond acceptors (Lipinski definition) is 5. The van der Waals surface area contributed by atoms with E-state index in [1.165, 1.54) is 44.9 Å². The van der Waals surface area contributed by atoms with Gasteiger partial charge in [0, 0.05) is 24.6 Å². The van der Waals surface area contributed by atoms with Crippen molar-refractivity contribution in [2.24, 2.45) is 0 Å². The molecule has 0 aliphatic rings. The van der Waals surface area contributed by atoms with E-state index >= 15 is 0 Å². The lowest BCUT2D eigenvalue weighted by Gasteiger charge is -2.12. The summed E-state index contributed by atoms with van der Waals surface area (Å²) < 4.78 is 11.1. The summed E-state index contributed by atoms with van der Waals surface area (Å²) in [5, 5.41) is 0. The van der Waals surface area contributed by atoms with Crippen LogP contribution >= 0.6 is 0 Å². The summed E-state index contributed by atoms with van der Waals surface area (Å²) in [4.78, 5) is 21.2. The zero-order valence-corrected chi connectivity index (χ0v) is 19.4. The molecule has 170 valence electrons. The third-order valence-corrected chi connectivity index (χ3v) is 5.30. The van der Waals surface area contributed by atoms with Gasteiger partial charge in [-0.1, -0.05) is 58.8 Å². The molecule has 0 aliphatic heterocycles. The Morgan fingerprint density at radius 2 is 1.48 bits per heavy atom. The quantitative estimate of drug-likeness (QED) is 0.184. The highest BCUT2D eigenvalue weighted by Gasteiger charge is 2.16. The van der Waals surface area contributed by atoms with Gasteiger partial charge in [-0.25, -0.2) is 14.8 Å². The number of unbranched alkanes of at least 4 members (excludes halogenated alkanes) is 7. The number of rotatable bonds is 15. The molecular weight excluding hydrogens is 388 g/mol. The fourth-order valence-electron chi connectivity index (χ4n) is 3.29. The summed E-state index contributed by atoms with van der Waals surface area (Å²) >= 11 is 0. The fraction of sp³-hybridized carbons (Fsp3) is 0.577. The van der Waals surface area contributed by atoms with Crippen LogP contribution in [0.1, 0.15) is 84.1 Å². The van der Waals surface area contributed by atoms with Gasteiger partial charge in [0.15, 0.2) is 11.9 Å². The third-order valence-electron chi connectivity index (χ3n) is 5.30. The molecule has 0 fully saturated rings. The van der Waals surface area contributed by atoms with Gasteiger partial charge < -0.3 is 9.47 Å². The van der Waals surface area contributed by atoms with Gasteiger partial charge in [0.25, 0.3) is 0 Å². The first-order valence-electron chi connectivity index (χ1n) is 11.9. The molecule has 0 bridgehead atoms. The van der Waals surface area contributed by atoms with Crippen LogP contribution in [-0.2, 0) is 16.0 Å². The summed E-state index contributed by atoms with van der Waals surface area (Å²) in [6.45, 7) is 6.74. The number of esters is 1. The van der Waals surface area contributed by atoms with Crippen molar-refractivity contribution in [1.29, 1.82) is 0 Å². The van der Waals surface area contributed by atoms with E-state index in [4.69, 9.17) is 9.47 Å². The lowest BCUT2D eigenvalue weighted by atomic mass is 10.1. The standard InChI is InChI=1S/C26H38N2O3/c1-4-6-8-9-10-12-18-30-21(3)26(29)31-24-16-14-23(15-17-24)25-27-19-22(20-28-25)13-11-7-5-2/h14-17,19-21H,4-13,18H2,1-3H3. The van der Waals surface area contributed by atoms with Crippen LogP contribution in [0, 0.1) is 0 Å². The van der Waals surface area contributed by atoms with Crippen molar-refractivity contribution in [3.63, 3.8) is 0 Å². The molecule has 2 aromatic rings. The van der Waals surface area contributed by atoms with Crippen LogP contribution in [0.3, 0.4) is 0 Å². The van der Waals surface area contributed by atoms with Gasteiger partial charge >= 0.3 is 5.97 Å². The van der Waals surface area contributed by atoms with Crippen LogP contribution in [0.25, 0.3) is 11.4 Å². The van der Waals surface area contributed by atoms with Crippen molar-refractivity contribution in [3.05, 3.63) is 42.2 Å². The van der Waals surface area contributed by atoms with Gasteiger partial charge in [-0.3, -0.25) is 0 Å². The second-order valence-electron chi connectivity index (χ2n) is 8.10. The lowest BCUT2D eigenvalue weighted by molar-refractivity contribution is -0.146. The van der Waals surface area contributed by atoms with Gasteiger partial charge in [0.05, 0.1) is 0 Å². The van der Waals surface area contributed by atoms with Crippen molar-refractivity contribution < 1.29 is 14.3 Å². The second-order valence-corrected chi connectivity index (χ2v) is 8.10. The molecule has 0 radical (unpaired) electrons. The number of hydrogen-bond donors (Lipinski definition) is 0. The van der Waals surface area contributed by atoms with E-state index in [1.807, 2.05) is 24.5 Å². The molecule has 0 saturated heterocycles. The van der Waals surface area contributed by atoms with E-state index in [2.05, 4.69) is 23.8 Å². The van der Waals surface area contributed by atoms with Crippen molar-refractivity contribution in [3.8, 4) is 17.1 Å². The van der Waals surface area contributed by atoms with E-state index in [-0.39, 0.29) is 5.97 Å². The Kier molecular flexibility index (Phi) is 11.8. The molecule has 1 aromatic heterocycles. The highest BCUT2D eigenvalue weighted by Crippen LogP contribution is 2.20. The Hall–Kier alpha value is -2.27. The number of carbonyl (C=O) groups is 1. The van der Waals surface area contributed by atoms with Crippen molar-refractivity contribution in [2.75, 3.05) is 6.61 Å². The van der Waals surface area contributed by atoms with E-state index in [0.717, 1.165) is 30.4 Å². The summed E-state index contributed by atoms with van der Waals surface area (Å²) in [6, 6.07) is 7.28. The van der Waals surface area contributed by atoms with Crippen molar-refractivity contribution >= 4 is 5.97 Å². The average Bonchev–Trinajstić information content (AvgIpc) is 2.79. The Balaban J connectivity index is 1.75. The van der Waals surface area contributed by atoms with Crippen LogP contribution in [0.4, 0.5) is 0 Å². The van der Waals surface area contributed by atoms with E-state index < -0.39 is 6.10 Å². The van der Waals surface area contributed by atoms with Crippen LogP contribution in [-0.4, -0.2) is 28.6 Å². The lowest BCUT2D eigenvalue weighted by Crippen LogP contribution is -2.26. The Morgan fingerprint density at radius 1 is 0.871 bits per heavy atom. The van der Waals surface area contributed by atoms with E-state index in [0.29, 0.717) is 18.2 Å². The first-order valence-corrected chi connectivity index (χ1v) is 11.9. The molecule has 0 aliphatic carbocycles. The topological polar surface area (TPSA) is 61.3 Å². The predicted molar refractivity (Wildman–Crippen MR) is 125 cm³/mol. The number of aromatic nitrogens is 2. The van der Waals surface area contributed by atoms with Crippen LogP contribution < -0.4 is 4.74 Å². The minimum Gasteiger partial charge on any atom is -0.425 e. The van der Waals surface area contributed by atoms with Gasteiger partial charge in [-0.15, -0.1) is 0 Å². The maximum atomic E-state index is 12.2. The number of benzene rings is 1. The molecular formula is C26H38N2O3. The SMILES string of the molecule is CCCCCCCCOC(C)C(=O)Oc1ccc(-c2ncc(CCCCC)cn2)cc1. The van der Waals surface area contributed by atoms with Gasteiger partial charge in [0.1, 0.15) is 5.75 Å². The van der Waals surface area contributed by atoms with Gasteiger partial charge in [0.2, 0.25) is 0 Å². The first-order chi connectivity index (χ1) is 15.1. The number of aryl methyl sites for hydroxylation is 1. The number of ether oxygens (including phenoxy) is 2. The highest BCUT2D eigenvalue weighted by atomic mass is 16.6. The molecule has 0 saturated carbocycles. The number of carbonyl (C=O) groups excluding carboxylic acids is 1. The molecule has 1 heterocycles. The largest absolute Gasteiger partial charge is 0.425 e. The summed E-state index contributed by atoms with van der Waals surface area (Å²) in [6.07, 6.45) is 15.0. The van der Waals surface area contributed by atoms with Gasteiger partial charge in [-0.2, -0.15) is 0 Å². The molecule has 5 nitrogen and oxygen atoms in total. The van der Waals surface area contributed by atoms with Gasteiger partial charge in [-0.05, 0) is 56.0 Å². The van der Waals surface area contributed by atoms with Crippen molar-refractivity contribution in [2.45, 2.75) is 91.1 Å². The van der Waals surface area contributed by atoms with Crippen LogP contribution in [0.2, 0.25) is 0 Å². The highest BCUT2D eigenvalue weighted by molar-refractivity contribution is 5.77. The molecule has 0 amide bonds. The zero-order chi connectivity index (χ0) is 22.3. The maximum absolute atomic E-state index is 12.2. The normalized spacial score (nSPS) is 12.0. The van der Waals surface area contributed by atoms with Crippen LogP contribution in [0.5, 0.6) is 5.75 Å². The zero-order valence-electron chi connectivity index (χ0n) is 19.4. The molecule has 0 spiro atoms. The predicted octanol–water partition coefficient (Wildman–Crippen LogP) is 6.55.